The summed E-state index contributed by atoms with van der Waals surface area (Å²) in [5.74, 6) is -5.41. The molecule has 0 aliphatic heterocycles. The molecule has 1 aromatic heterocycles. The van der Waals surface area contributed by atoms with Crippen molar-refractivity contribution in [3.63, 3.8) is 0 Å². The van der Waals surface area contributed by atoms with E-state index >= 15 is 0 Å². The van der Waals surface area contributed by atoms with Gasteiger partial charge in [0.05, 0.1) is 12.3 Å². The highest BCUT2D eigenvalue weighted by molar-refractivity contribution is 5.78. The fourth-order valence-electron chi connectivity index (χ4n) is 1.28. The van der Waals surface area contributed by atoms with Crippen molar-refractivity contribution in [3.8, 4) is 0 Å². The van der Waals surface area contributed by atoms with Gasteiger partial charge in [-0.15, -0.1) is 0 Å². The summed E-state index contributed by atoms with van der Waals surface area (Å²) < 4.78 is 31.4. The highest BCUT2D eigenvalue weighted by Gasteiger charge is 2.48. The van der Waals surface area contributed by atoms with Gasteiger partial charge in [-0.05, 0) is 26.0 Å². The van der Waals surface area contributed by atoms with Gasteiger partial charge in [0.25, 0.3) is 0 Å². The Morgan fingerprint density at radius 3 is 2.76 bits per heavy atom. The van der Waals surface area contributed by atoms with Crippen LogP contribution in [0.15, 0.2) is 18.2 Å². The minimum Gasteiger partial charge on any atom is -0.462 e. The van der Waals surface area contributed by atoms with Crippen LogP contribution in [0.1, 0.15) is 24.4 Å². The largest absolute Gasteiger partial charge is 0.462 e. The highest BCUT2D eigenvalue weighted by atomic mass is 19.3. The number of aryl methyl sites for hydroxylation is 1. The van der Waals surface area contributed by atoms with Crippen molar-refractivity contribution in [2.24, 2.45) is 5.73 Å². The lowest BCUT2D eigenvalue weighted by Gasteiger charge is -2.21. The molecular weight excluding hydrogens is 230 g/mol. The third kappa shape index (κ3) is 2.97. The maximum absolute atomic E-state index is 13.6. The van der Waals surface area contributed by atoms with E-state index in [2.05, 4.69) is 9.72 Å². The number of aromatic nitrogens is 1. The van der Waals surface area contributed by atoms with Gasteiger partial charge in [0.15, 0.2) is 0 Å². The third-order valence-corrected chi connectivity index (χ3v) is 2.17. The van der Waals surface area contributed by atoms with Crippen LogP contribution in [0, 0.1) is 6.92 Å². The Hall–Kier alpha value is -1.56. The standard InChI is InChI=1S/C11H14F2N2O2/c1-3-17-10(16)11(12,13)9(14)8-6-4-5-7(2)15-8/h4-6,9H,3,14H2,1-2H3/t9-/m1/s1. The number of ether oxygens (including phenoxy) is 1. The lowest BCUT2D eigenvalue weighted by Crippen LogP contribution is -2.42. The second kappa shape index (κ2) is 5.18. The molecule has 0 radical (unpaired) electrons. The van der Waals surface area contributed by atoms with E-state index < -0.39 is 17.9 Å². The summed E-state index contributed by atoms with van der Waals surface area (Å²) in [6, 6.07) is 2.75. The van der Waals surface area contributed by atoms with Crippen LogP contribution < -0.4 is 5.73 Å². The van der Waals surface area contributed by atoms with Crippen LogP contribution in [0.5, 0.6) is 0 Å². The van der Waals surface area contributed by atoms with Gasteiger partial charge in [-0.2, -0.15) is 8.78 Å². The van der Waals surface area contributed by atoms with Crippen molar-refractivity contribution >= 4 is 5.97 Å². The number of rotatable bonds is 4. The average Bonchev–Trinajstić information content (AvgIpc) is 2.28. The molecule has 94 valence electrons. The van der Waals surface area contributed by atoms with Crippen LogP contribution >= 0.6 is 0 Å². The first-order valence-electron chi connectivity index (χ1n) is 5.13. The molecule has 0 bridgehead atoms. The number of hydrogen-bond acceptors (Lipinski definition) is 4. The molecule has 0 unspecified atom stereocenters. The third-order valence-electron chi connectivity index (χ3n) is 2.17. The van der Waals surface area contributed by atoms with Crippen molar-refractivity contribution in [1.29, 1.82) is 0 Å². The number of carbonyl (C=O) groups is 1. The topological polar surface area (TPSA) is 65.2 Å². The number of esters is 1. The second-order valence-electron chi connectivity index (χ2n) is 3.52. The minimum absolute atomic E-state index is 0.0388. The molecule has 1 aromatic rings. The first kappa shape index (κ1) is 13.5. The summed E-state index contributed by atoms with van der Waals surface area (Å²) in [5, 5.41) is 0. The van der Waals surface area contributed by atoms with E-state index in [1.54, 1.807) is 19.1 Å². The molecule has 0 amide bonds. The fraction of sp³-hybridized carbons (Fsp3) is 0.455. The minimum atomic E-state index is -3.78. The Morgan fingerprint density at radius 2 is 2.24 bits per heavy atom. The molecule has 0 spiro atoms. The Balaban J connectivity index is 2.95. The molecule has 1 rings (SSSR count). The van der Waals surface area contributed by atoms with Crippen molar-refractivity contribution in [2.75, 3.05) is 6.61 Å². The summed E-state index contributed by atoms with van der Waals surface area (Å²) in [4.78, 5) is 15.0. The lowest BCUT2D eigenvalue weighted by molar-refractivity contribution is -0.175. The van der Waals surface area contributed by atoms with E-state index in [-0.39, 0.29) is 12.3 Å². The average molecular weight is 244 g/mol. The quantitative estimate of drug-likeness (QED) is 0.817. The molecule has 1 atom stereocenters. The first-order valence-corrected chi connectivity index (χ1v) is 5.13. The van der Waals surface area contributed by atoms with Gasteiger partial charge in [-0.1, -0.05) is 6.07 Å². The smallest absolute Gasteiger partial charge is 0.379 e. The van der Waals surface area contributed by atoms with E-state index in [1.165, 1.54) is 13.0 Å². The van der Waals surface area contributed by atoms with Gasteiger partial charge < -0.3 is 10.5 Å². The van der Waals surface area contributed by atoms with Crippen LogP contribution in [0.25, 0.3) is 0 Å². The summed E-state index contributed by atoms with van der Waals surface area (Å²) in [5.41, 5.74) is 5.87. The van der Waals surface area contributed by atoms with Crippen LogP contribution in [-0.4, -0.2) is 23.5 Å². The number of alkyl halides is 2. The maximum atomic E-state index is 13.6. The molecule has 1 heterocycles. The fourth-order valence-corrected chi connectivity index (χ4v) is 1.28. The number of carbonyl (C=O) groups excluding carboxylic acids is 1. The van der Waals surface area contributed by atoms with Gasteiger partial charge in [-0.25, -0.2) is 4.79 Å². The van der Waals surface area contributed by atoms with Crippen molar-refractivity contribution in [1.82, 2.24) is 4.98 Å². The Bertz CT molecular complexity index is 410. The maximum Gasteiger partial charge on any atom is 0.379 e. The SMILES string of the molecule is CCOC(=O)C(F)(F)[C@H](N)c1cccc(C)n1. The molecule has 0 saturated heterocycles. The number of hydrogen-bond donors (Lipinski definition) is 1. The molecule has 0 aliphatic rings. The van der Waals surface area contributed by atoms with Gasteiger partial charge in [0.2, 0.25) is 0 Å². The highest BCUT2D eigenvalue weighted by Crippen LogP contribution is 2.29. The zero-order valence-electron chi connectivity index (χ0n) is 9.61. The van der Waals surface area contributed by atoms with E-state index in [4.69, 9.17) is 5.73 Å². The second-order valence-corrected chi connectivity index (χ2v) is 3.52. The Labute approximate surface area is 97.8 Å². The Morgan fingerprint density at radius 1 is 1.59 bits per heavy atom. The molecule has 0 fully saturated rings. The number of nitrogens with zero attached hydrogens (tertiary/aromatic N) is 1. The lowest BCUT2D eigenvalue weighted by atomic mass is 10.1. The molecule has 6 heteroatoms. The van der Waals surface area contributed by atoms with Gasteiger partial charge in [0.1, 0.15) is 6.04 Å². The van der Waals surface area contributed by atoms with E-state index in [0.717, 1.165) is 0 Å². The number of halogens is 2. The molecule has 0 saturated carbocycles. The van der Waals surface area contributed by atoms with E-state index in [1.807, 2.05) is 0 Å². The van der Waals surface area contributed by atoms with E-state index in [0.29, 0.717) is 5.69 Å². The van der Waals surface area contributed by atoms with Crippen molar-refractivity contribution < 1.29 is 18.3 Å². The van der Waals surface area contributed by atoms with Crippen LogP contribution in [0.3, 0.4) is 0 Å². The van der Waals surface area contributed by atoms with Crippen molar-refractivity contribution in [2.45, 2.75) is 25.8 Å². The van der Waals surface area contributed by atoms with Gasteiger partial charge >= 0.3 is 11.9 Å². The summed E-state index contributed by atoms with van der Waals surface area (Å²) >= 11 is 0. The molecule has 17 heavy (non-hydrogen) atoms. The Kier molecular flexibility index (Phi) is 4.11. The number of nitrogens with two attached hydrogens (primary N) is 1. The first-order chi connectivity index (χ1) is 7.89. The van der Waals surface area contributed by atoms with Crippen molar-refractivity contribution in [3.05, 3.63) is 29.6 Å². The van der Waals surface area contributed by atoms with Gasteiger partial charge in [-0.3, -0.25) is 4.98 Å². The zero-order chi connectivity index (χ0) is 13.1. The molecule has 4 nitrogen and oxygen atoms in total. The molecular formula is C11H14F2N2O2. The predicted octanol–water partition coefficient (Wildman–Crippen LogP) is 1.59. The summed E-state index contributed by atoms with van der Waals surface area (Å²) in [7, 11) is 0. The summed E-state index contributed by atoms with van der Waals surface area (Å²) in [6.45, 7) is 2.98. The van der Waals surface area contributed by atoms with Gasteiger partial charge in [0, 0.05) is 5.69 Å². The zero-order valence-corrected chi connectivity index (χ0v) is 9.61. The van der Waals surface area contributed by atoms with Crippen LogP contribution in [-0.2, 0) is 9.53 Å². The molecule has 0 aromatic carbocycles. The number of pyridine rings is 1. The summed E-state index contributed by atoms with van der Waals surface area (Å²) in [6.07, 6.45) is 0. The normalized spacial score (nSPS) is 13.2. The van der Waals surface area contributed by atoms with Crippen LogP contribution in [0.2, 0.25) is 0 Å². The molecule has 0 aliphatic carbocycles. The monoisotopic (exact) mass is 244 g/mol. The van der Waals surface area contributed by atoms with Crippen LogP contribution in [0.4, 0.5) is 8.78 Å². The van der Waals surface area contributed by atoms with E-state index in [9.17, 15) is 13.6 Å². The predicted molar refractivity (Wildman–Crippen MR) is 57.5 cm³/mol. The molecule has 2 N–H and O–H groups in total.